The third-order valence-electron chi connectivity index (χ3n) is 6.15. The maximum Gasteiger partial charge on any atom is 0.397 e. The third kappa shape index (κ3) is 7.39. The largest absolute Gasteiger partial charge is 0.453 e. The van der Waals surface area contributed by atoms with Crippen LogP contribution >= 0.6 is 47.3 Å². The van der Waals surface area contributed by atoms with Crippen molar-refractivity contribution in [2.45, 2.75) is 69.0 Å². The van der Waals surface area contributed by atoms with Crippen LogP contribution in [0.5, 0.6) is 0 Å². The summed E-state index contributed by atoms with van der Waals surface area (Å²) in [7, 11) is -3.04. The molecule has 34 heavy (non-hydrogen) atoms. The summed E-state index contributed by atoms with van der Waals surface area (Å²) in [5, 5.41) is -0.565. The number of hydrogen-bond donors (Lipinski definition) is 0. The summed E-state index contributed by atoms with van der Waals surface area (Å²) in [5.41, 5.74) is 0. The van der Waals surface area contributed by atoms with Crippen LogP contribution in [0.25, 0.3) is 0 Å². The van der Waals surface area contributed by atoms with Crippen LogP contribution in [-0.4, -0.2) is 73.6 Å². The minimum atomic E-state index is -2.20. The summed E-state index contributed by atoms with van der Waals surface area (Å²) in [6, 6.07) is 0. The fraction of sp³-hybridized carbons (Fsp3) is 0.714. The van der Waals surface area contributed by atoms with Gasteiger partial charge in [0.2, 0.25) is 5.91 Å². The maximum absolute atomic E-state index is 13.1. The molecule has 0 aromatic rings. The van der Waals surface area contributed by atoms with Crippen LogP contribution < -0.4 is 0 Å². The Kier molecular flexibility index (Phi) is 10.5. The van der Waals surface area contributed by atoms with Gasteiger partial charge in [0.25, 0.3) is 0 Å². The highest BCUT2D eigenvalue weighted by Gasteiger charge is 2.57. The van der Waals surface area contributed by atoms with Crippen LogP contribution in [0.15, 0.2) is 11.6 Å². The van der Waals surface area contributed by atoms with Crippen LogP contribution in [0, 0.1) is 5.92 Å². The highest BCUT2D eigenvalue weighted by molar-refractivity contribution is 8.47. The molecule has 0 spiro atoms. The minimum Gasteiger partial charge on any atom is -0.453 e. The second-order valence-electron chi connectivity index (χ2n) is 9.81. The molecule has 0 radical (unpaired) electrons. The summed E-state index contributed by atoms with van der Waals surface area (Å²) in [6.07, 6.45) is 0.327. The Balaban J connectivity index is 2.19. The fourth-order valence-electron chi connectivity index (χ4n) is 3.27. The molecule has 0 aliphatic carbocycles. The number of nitrogens with zero attached hydrogens (tertiary/aromatic N) is 1. The normalized spacial score (nSPS) is 26.1. The zero-order valence-corrected chi connectivity index (χ0v) is 25.3. The second kappa shape index (κ2) is 11.9. The van der Waals surface area contributed by atoms with Crippen molar-refractivity contribution >= 4 is 87.8 Å². The number of hydrogen-bond acceptors (Lipinski definition) is 9. The highest BCUT2D eigenvalue weighted by atomic mass is 35.5. The Labute approximate surface area is 224 Å². The Bertz CT molecular complexity index is 893. The molecule has 192 valence electrons. The zero-order valence-electron chi connectivity index (χ0n) is 20.3. The zero-order chi connectivity index (χ0) is 26.0. The first kappa shape index (κ1) is 30.0. The first-order valence-corrected chi connectivity index (χ1v) is 17.8. The van der Waals surface area contributed by atoms with E-state index in [1.54, 1.807) is 0 Å². The monoisotopic (exact) mass is 585 g/mol. The van der Waals surface area contributed by atoms with Gasteiger partial charge in [-0.05, 0) is 31.5 Å². The standard InChI is InChI=1S/C21H32ClNO6S4Si/c1-12(22)10-28-19(26)17(25)23-16(24)15(13(2)29-34(6,7)21(3,4)5)18(23)32-20(30)31-14-8-9-33(27)11-14/h13-15,18H,1,8-11H2,2-7H3/t13-,14+,15+,18-,33-/m1/s1. The number of rotatable bonds is 7. The van der Waals surface area contributed by atoms with Gasteiger partial charge >= 0.3 is 11.9 Å². The summed E-state index contributed by atoms with van der Waals surface area (Å²) >= 11 is 13.8. The van der Waals surface area contributed by atoms with Gasteiger partial charge in [-0.1, -0.05) is 62.9 Å². The van der Waals surface area contributed by atoms with Crippen molar-refractivity contribution in [2.75, 3.05) is 18.1 Å². The van der Waals surface area contributed by atoms with Crippen molar-refractivity contribution in [3.63, 3.8) is 0 Å². The Morgan fingerprint density at radius 1 is 1.35 bits per heavy atom. The minimum absolute atomic E-state index is 0.0582. The van der Waals surface area contributed by atoms with Crippen molar-refractivity contribution in [1.29, 1.82) is 0 Å². The van der Waals surface area contributed by atoms with Crippen LogP contribution in [-0.2, 0) is 34.3 Å². The molecule has 7 nitrogen and oxygen atoms in total. The van der Waals surface area contributed by atoms with E-state index < -0.39 is 54.3 Å². The van der Waals surface area contributed by atoms with E-state index in [2.05, 4.69) is 40.4 Å². The number of imide groups is 1. The van der Waals surface area contributed by atoms with E-state index in [9.17, 15) is 18.6 Å². The third-order valence-corrected chi connectivity index (χ3v) is 15.5. The number of thioether (sulfide) groups is 2. The lowest BCUT2D eigenvalue weighted by atomic mass is 9.92. The molecule has 2 heterocycles. The average Bonchev–Trinajstić information content (AvgIpc) is 3.08. The summed E-state index contributed by atoms with van der Waals surface area (Å²) in [5.74, 6) is -2.16. The lowest BCUT2D eigenvalue weighted by Crippen LogP contribution is -2.67. The van der Waals surface area contributed by atoms with Gasteiger partial charge in [-0.3, -0.25) is 18.7 Å². The van der Waals surface area contributed by atoms with E-state index >= 15 is 0 Å². The van der Waals surface area contributed by atoms with Gasteiger partial charge < -0.3 is 9.16 Å². The van der Waals surface area contributed by atoms with E-state index in [0.29, 0.717) is 15.0 Å². The predicted molar refractivity (Wildman–Crippen MR) is 147 cm³/mol. The molecule has 0 aromatic carbocycles. The van der Waals surface area contributed by atoms with Gasteiger partial charge in [-0.15, -0.1) is 11.8 Å². The molecular weight excluding hydrogens is 554 g/mol. The average molecular weight is 586 g/mol. The number of amides is 2. The first-order chi connectivity index (χ1) is 15.5. The van der Waals surface area contributed by atoms with Crippen molar-refractivity contribution < 1.29 is 27.8 Å². The van der Waals surface area contributed by atoms with Crippen LogP contribution in [0.2, 0.25) is 18.1 Å². The van der Waals surface area contributed by atoms with Crippen molar-refractivity contribution in [3.05, 3.63) is 11.6 Å². The number of carbonyl (C=O) groups excluding carboxylic acids is 3. The Morgan fingerprint density at radius 2 is 1.97 bits per heavy atom. The molecule has 0 aromatic heterocycles. The van der Waals surface area contributed by atoms with E-state index in [-0.39, 0.29) is 21.9 Å². The molecule has 0 unspecified atom stereocenters. The van der Waals surface area contributed by atoms with Crippen molar-refractivity contribution in [3.8, 4) is 0 Å². The molecule has 0 saturated carbocycles. The molecule has 2 rings (SSSR count). The van der Waals surface area contributed by atoms with Gasteiger partial charge in [0, 0.05) is 32.6 Å². The Morgan fingerprint density at radius 3 is 2.47 bits per heavy atom. The lowest BCUT2D eigenvalue weighted by Gasteiger charge is -2.49. The maximum atomic E-state index is 13.1. The Hall–Kier alpha value is -0.243. The second-order valence-corrected chi connectivity index (χ2v) is 20.3. The van der Waals surface area contributed by atoms with Crippen LogP contribution in [0.4, 0.5) is 0 Å². The van der Waals surface area contributed by atoms with Gasteiger partial charge in [0.05, 0.1) is 12.0 Å². The van der Waals surface area contributed by atoms with Crippen LogP contribution in [0.1, 0.15) is 34.1 Å². The molecule has 13 heteroatoms. The van der Waals surface area contributed by atoms with Gasteiger partial charge in [-0.25, -0.2) is 4.79 Å². The molecule has 2 amide bonds. The lowest BCUT2D eigenvalue weighted by molar-refractivity contribution is -0.174. The number of esters is 1. The van der Waals surface area contributed by atoms with Gasteiger partial charge in [0.15, 0.2) is 8.32 Å². The topological polar surface area (TPSA) is 90.0 Å². The molecule has 0 N–H and O–H groups in total. The van der Waals surface area contributed by atoms with E-state index in [1.807, 2.05) is 6.92 Å². The van der Waals surface area contributed by atoms with Crippen molar-refractivity contribution in [1.82, 2.24) is 4.90 Å². The summed E-state index contributed by atoms with van der Waals surface area (Å²) in [6.45, 7) is 15.4. The number of ether oxygens (including phenoxy) is 1. The van der Waals surface area contributed by atoms with Gasteiger partial charge in [-0.2, -0.15) is 0 Å². The van der Waals surface area contributed by atoms with Crippen molar-refractivity contribution in [2.24, 2.45) is 5.92 Å². The van der Waals surface area contributed by atoms with E-state index in [0.717, 1.165) is 11.3 Å². The van der Waals surface area contributed by atoms with E-state index in [1.165, 1.54) is 23.5 Å². The quantitative estimate of drug-likeness (QED) is 0.143. The molecule has 2 aliphatic rings. The number of carbonyl (C=O) groups is 3. The number of halogens is 1. The molecule has 2 saturated heterocycles. The SMILES string of the molecule is C=C(Cl)COC(=O)C(=O)N1C(=O)[C@H]([C@@H](C)O[Si](C)(C)C(C)(C)C)[C@H]1SC(=S)S[C@H]1CC[S@@](=O)C1. The number of likely N-dealkylation sites (tertiary alicyclic amines) is 1. The summed E-state index contributed by atoms with van der Waals surface area (Å²) in [4.78, 5) is 39.0. The predicted octanol–water partition coefficient (Wildman–Crippen LogP) is 4.28. The molecule has 2 aliphatic heterocycles. The first-order valence-electron chi connectivity index (χ1n) is 10.8. The highest BCUT2D eigenvalue weighted by Crippen LogP contribution is 2.45. The smallest absolute Gasteiger partial charge is 0.397 e. The molecular formula is C21H32ClNO6S4Si. The fourth-order valence-corrected chi connectivity index (χ4v) is 10.1. The van der Waals surface area contributed by atoms with E-state index in [4.69, 9.17) is 33.0 Å². The summed E-state index contributed by atoms with van der Waals surface area (Å²) < 4.78 is 23.5. The molecule has 0 bridgehead atoms. The number of thiocarbonyl (C=S) groups is 1. The molecule has 2 fully saturated rings. The molecule has 5 atom stereocenters. The van der Waals surface area contributed by atoms with Crippen LogP contribution in [0.3, 0.4) is 0 Å². The number of β-lactam (4-membered cyclic amide) rings is 1. The van der Waals surface area contributed by atoms with Gasteiger partial charge in [0.1, 0.15) is 15.5 Å².